The van der Waals surface area contributed by atoms with Crippen molar-refractivity contribution >= 4 is 5.57 Å². The van der Waals surface area contributed by atoms with E-state index >= 15 is 0 Å². The van der Waals surface area contributed by atoms with Crippen LogP contribution in [0.1, 0.15) is 11.3 Å². The molecule has 0 unspecified atom stereocenters. The Bertz CT molecular complexity index is 454. The zero-order valence-corrected chi connectivity index (χ0v) is 7.78. The molecule has 0 spiro atoms. The highest BCUT2D eigenvalue weighted by Crippen LogP contribution is 2.28. The van der Waals surface area contributed by atoms with Crippen LogP contribution in [0.3, 0.4) is 0 Å². The largest absolute Gasteiger partial charge is 0.464 e. The van der Waals surface area contributed by atoms with E-state index in [-0.39, 0.29) is 11.3 Å². The average molecular weight is 206 g/mol. The van der Waals surface area contributed by atoms with Gasteiger partial charge in [0.25, 0.3) is 6.08 Å². The third-order valence-electron chi connectivity index (χ3n) is 2.02. The monoisotopic (exact) mass is 206 g/mol. The third-order valence-corrected chi connectivity index (χ3v) is 2.02. The fraction of sp³-hybridized carbons (Fsp3) is 0. The van der Waals surface area contributed by atoms with Crippen LogP contribution in [0.2, 0.25) is 0 Å². The summed E-state index contributed by atoms with van der Waals surface area (Å²) in [4.78, 5) is 0. The number of rotatable bonds is 2. The van der Waals surface area contributed by atoms with Crippen LogP contribution in [0.5, 0.6) is 0 Å². The van der Waals surface area contributed by atoms with Crippen LogP contribution in [0.25, 0.3) is 5.57 Å². The minimum atomic E-state index is -1.74. The Labute approximate surface area is 85.7 Å². The second-order valence-electron chi connectivity index (χ2n) is 2.98. The molecule has 0 bridgehead atoms. The molecule has 76 valence electrons. The van der Waals surface area contributed by atoms with E-state index in [0.717, 1.165) is 0 Å². The van der Waals surface area contributed by atoms with Crippen molar-refractivity contribution in [3.8, 4) is 0 Å². The van der Waals surface area contributed by atoms with E-state index in [1.165, 1.54) is 12.3 Å². The molecule has 0 saturated carbocycles. The van der Waals surface area contributed by atoms with Crippen LogP contribution in [0, 0.1) is 0 Å². The van der Waals surface area contributed by atoms with Gasteiger partial charge in [0, 0.05) is 0 Å². The van der Waals surface area contributed by atoms with E-state index < -0.39 is 6.08 Å². The smallest absolute Gasteiger partial charge is 0.281 e. The number of hydrogen-bond donors (Lipinski definition) is 0. The first-order chi connectivity index (χ1) is 7.29. The van der Waals surface area contributed by atoms with Gasteiger partial charge in [-0.15, -0.1) is 0 Å². The predicted molar refractivity (Wildman–Crippen MR) is 53.4 cm³/mol. The lowest BCUT2D eigenvalue weighted by molar-refractivity contribution is 0.422. The second-order valence-corrected chi connectivity index (χ2v) is 2.98. The Balaban J connectivity index is 2.53. The van der Waals surface area contributed by atoms with Crippen molar-refractivity contribution in [2.45, 2.75) is 0 Å². The zero-order chi connectivity index (χ0) is 10.7. The molecular formula is C12H8F2O. The van der Waals surface area contributed by atoms with E-state index in [1.807, 2.05) is 0 Å². The normalized spacial score (nSPS) is 10.0. The molecule has 0 aliphatic heterocycles. The Morgan fingerprint density at radius 3 is 2.20 bits per heavy atom. The van der Waals surface area contributed by atoms with Gasteiger partial charge in [-0.25, -0.2) is 0 Å². The summed E-state index contributed by atoms with van der Waals surface area (Å²) in [6, 6.07) is 11.5. The average Bonchev–Trinajstić information content (AvgIpc) is 2.72. The van der Waals surface area contributed by atoms with Gasteiger partial charge in [-0.2, -0.15) is 8.78 Å². The first-order valence-electron chi connectivity index (χ1n) is 4.43. The topological polar surface area (TPSA) is 13.1 Å². The molecule has 0 N–H and O–H groups in total. The maximum atomic E-state index is 12.8. The second kappa shape index (κ2) is 4.09. The fourth-order valence-corrected chi connectivity index (χ4v) is 1.37. The van der Waals surface area contributed by atoms with Crippen molar-refractivity contribution < 1.29 is 13.2 Å². The standard InChI is InChI=1S/C12H8F2O/c13-12(14)11(10-7-4-8-15-10)9-5-2-1-3-6-9/h1-8H. The van der Waals surface area contributed by atoms with Crippen LogP contribution >= 0.6 is 0 Å². The number of furan rings is 1. The number of benzene rings is 1. The lowest BCUT2D eigenvalue weighted by atomic mass is 10.1. The molecule has 1 nitrogen and oxygen atoms in total. The van der Waals surface area contributed by atoms with E-state index in [1.54, 1.807) is 36.4 Å². The lowest BCUT2D eigenvalue weighted by Gasteiger charge is -2.02. The highest BCUT2D eigenvalue weighted by Gasteiger charge is 2.13. The highest BCUT2D eigenvalue weighted by molar-refractivity contribution is 5.77. The summed E-state index contributed by atoms with van der Waals surface area (Å²) < 4.78 is 30.5. The van der Waals surface area contributed by atoms with Crippen molar-refractivity contribution in [3.63, 3.8) is 0 Å². The molecule has 0 fully saturated rings. The first kappa shape index (κ1) is 9.65. The van der Waals surface area contributed by atoms with E-state index in [0.29, 0.717) is 5.56 Å². The predicted octanol–water partition coefficient (Wildman–Crippen LogP) is 3.94. The van der Waals surface area contributed by atoms with Crippen molar-refractivity contribution in [1.82, 2.24) is 0 Å². The zero-order valence-electron chi connectivity index (χ0n) is 7.78. The summed E-state index contributed by atoms with van der Waals surface area (Å²) in [5, 5.41) is 0. The summed E-state index contributed by atoms with van der Waals surface area (Å²) in [6.07, 6.45) is -0.363. The summed E-state index contributed by atoms with van der Waals surface area (Å²) >= 11 is 0. The Morgan fingerprint density at radius 2 is 1.67 bits per heavy atom. The minimum absolute atomic E-state index is 0.152. The quantitative estimate of drug-likeness (QED) is 0.725. The molecule has 15 heavy (non-hydrogen) atoms. The van der Waals surface area contributed by atoms with Crippen molar-refractivity contribution in [2.24, 2.45) is 0 Å². The van der Waals surface area contributed by atoms with E-state index in [4.69, 9.17) is 4.42 Å². The van der Waals surface area contributed by atoms with Gasteiger partial charge in [-0.05, 0) is 17.7 Å². The molecular weight excluding hydrogens is 198 g/mol. The molecule has 0 aliphatic rings. The van der Waals surface area contributed by atoms with Crippen molar-refractivity contribution in [2.75, 3.05) is 0 Å². The van der Waals surface area contributed by atoms with Crippen LogP contribution in [0.4, 0.5) is 8.78 Å². The van der Waals surface area contributed by atoms with E-state index in [9.17, 15) is 8.78 Å². The Morgan fingerprint density at radius 1 is 0.933 bits per heavy atom. The third kappa shape index (κ3) is 1.96. The lowest BCUT2D eigenvalue weighted by Crippen LogP contribution is -1.86. The van der Waals surface area contributed by atoms with Gasteiger partial charge in [0.2, 0.25) is 0 Å². The summed E-state index contributed by atoms with van der Waals surface area (Å²) in [5.41, 5.74) is 0.299. The van der Waals surface area contributed by atoms with Gasteiger partial charge in [0.15, 0.2) is 0 Å². The Kier molecular flexibility index (Phi) is 2.63. The minimum Gasteiger partial charge on any atom is -0.464 e. The molecule has 1 aromatic carbocycles. The molecule has 0 aliphatic carbocycles. The molecule has 0 radical (unpaired) electrons. The van der Waals surface area contributed by atoms with Gasteiger partial charge >= 0.3 is 0 Å². The SMILES string of the molecule is FC(F)=C(c1ccccc1)c1ccco1. The molecule has 0 amide bonds. The summed E-state index contributed by atoms with van der Waals surface area (Å²) in [5.74, 6) is 0.182. The van der Waals surface area contributed by atoms with Gasteiger partial charge in [-0.1, -0.05) is 30.3 Å². The van der Waals surface area contributed by atoms with Crippen LogP contribution in [-0.4, -0.2) is 0 Å². The van der Waals surface area contributed by atoms with Crippen LogP contribution < -0.4 is 0 Å². The van der Waals surface area contributed by atoms with Gasteiger partial charge in [0.05, 0.1) is 11.8 Å². The van der Waals surface area contributed by atoms with Gasteiger partial charge in [-0.3, -0.25) is 0 Å². The van der Waals surface area contributed by atoms with Gasteiger partial charge in [0.1, 0.15) is 5.76 Å². The van der Waals surface area contributed by atoms with Crippen molar-refractivity contribution in [1.29, 1.82) is 0 Å². The Hall–Kier alpha value is -1.90. The maximum absolute atomic E-state index is 12.8. The molecule has 1 heterocycles. The summed E-state index contributed by atoms with van der Waals surface area (Å²) in [6.45, 7) is 0. The number of halogens is 2. The molecule has 1 aromatic heterocycles. The molecule has 2 rings (SSSR count). The molecule has 2 aromatic rings. The maximum Gasteiger partial charge on any atom is 0.281 e. The molecule has 3 heteroatoms. The molecule has 0 atom stereocenters. The van der Waals surface area contributed by atoms with E-state index in [2.05, 4.69) is 0 Å². The fourth-order valence-electron chi connectivity index (χ4n) is 1.37. The van der Waals surface area contributed by atoms with Gasteiger partial charge < -0.3 is 4.42 Å². The van der Waals surface area contributed by atoms with Crippen LogP contribution in [0.15, 0.2) is 59.2 Å². The van der Waals surface area contributed by atoms with Crippen LogP contribution in [-0.2, 0) is 0 Å². The summed E-state index contributed by atoms with van der Waals surface area (Å²) in [7, 11) is 0. The van der Waals surface area contributed by atoms with Crippen molar-refractivity contribution in [3.05, 3.63) is 66.1 Å². The molecule has 0 saturated heterocycles. The first-order valence-corrected chi connectivity index (χ1v) is 4.43. The number of hydrogen-bond acceptors (Lipinski definition) is 1. The highest BCUT2D eigenvalue weighted by atomic mass is 19.3.